The average molecular weight is 350 g/mol. The minimum Gasteiger partial charge on any atom is -0.326 e. The number of nitrogens with zero attached hydrogens (tertiary/aromatic N) is 2. The second-order valence-electron chi connectivity index (χ2n) is 6.89. The topological polar surface area (TPSA) is 42.2 Å². The molecule has 2 N–H and O–H groups in total. The van der Waals surface area contributed by atoms with Crippen LogP contribution in [0.25, 0.3) is 10.6 Å². The molecule has 25 heavy (non-hydrogen) atoms. The Kier molecular flexibility index (Phi) is 4.66. The molecule has 0 amide bonds. The SMILES string of the molecule is Cc1ccc(-c2nc(CN3C[C@@H](N)[C@H](c4ccccc4)C3)cs2)cc1. The maximum absolute atomic E-state index is 6.41. The number of hydrogen-bond donors (Lipinski definition) is 1. The Labute approximate surface area is 153 Å². The molecule has 0 unspecified atom stereocenters. The van der Waals surface area contributed by atoms with Gasteiger partial charge in [-0.3, -0.25) is 4.90 Å². The van der Waals surface area contributed by atoms with Crippen molar-refractivity contribution in [1.82, 2.24) is 9.88 Å². The van der Waals surface area contributed by atoms with Crippen molar-refractivity contribution in [3.05, 3.63) is 76.8 Å². The lowest BCUT2D eigenvalue weighted by atomic mass is 9.95. The van der Waals surface area contributed by atoms with Gasteiger partial charge in [0.15, 0.2) is 0 Å². The Hall–Kier alpha value is -2.01. The van der Waals surface area contributed by atoms with Crippen LogP contribution in [0.4, 0.5) is 0 Å². The van der Waals surface area contributed by atoms with Gasteiger partial charge in [0, 0.05) is 42.5 Å². The van der Waals surface area contributed by atoms with Crippen LogP contribution in [-0.4, -0.2) is 29.0 Å². The molecule has 0 radical (unpaired) electrons. The summed E-state index contributed by atoms with van der Waals surface area (Å²) in [4.78, 5) is 7.26. The Morgan fingerprint density at radius 2 is 1.84 bits per heavy atom. The van der Waals surface area contributed by atoms with E-state index in [0.29, 0.717) is 5.92 Å². The highest BCUT2D eigenvalue weighted by molar-refractivity contribution is 7.13. The highest BCUT2D eigenvalue weighted by Gasteiger charge is 2.31. The predicted molar refractivity (Wildman–Crippen MR) is 105 cm³/mol. The van der Waals surface area contributed by atoms with Crippen LogP contribution in [-0.2, 0) is 6.54 Å². The molecule has 2 heterocycles. The third-order valence-corrected chi connectivity index (χ3v) is 5.84. The zero-order chi connectivity index (χ0) is 17.2. The second kappa shape index (κ2) is 7.08. The van der Waals surface area contributed by atoms with Gasteiger partial charge in [-0.1, -0.05) is 60.2 Å². The Bertz CT molecular complexity index is 826. The minimum absolute atomic E-state index is 0.192. The first kappa shape index (κ1) is 16.5. The molecular weight excluding hydrogens is 326 g/mol. The van der Waals surface area contributed by atoms with Gasteiger partial charge in [0.25, 0.3) is 0 Å². The standard InChI is InChI=1S/C21H23N3S/c1-15-7-9-17(10-8-15)21-23-18(14-25-21)11-24-12-19(20(22)13-24)16-5-3-2-4-6-16/h2-10,14,19-20H,11-13,22H2,1H3/t19-,20+/m0/s1. The third kappa shape index (κ3) is 3.66. The molecule has 0 saturated carbocycles. The molecule has 0 spiro atoms. The van der Waals surface area contributed by atoms with Gasteiger partial charge in [-0.2, -0.15) is 0 Å². The summed E-state index contributed by atoms with van der Waals surface area (Å²) in [5.41, 5.74) is 11.4. The fraction of sp³-hybridized carbons (Fsp3) is 0.286. The molecule has 1 saturated heterocycles. The summed E-state index contributed by atoms with van der Waals surface area (Å²) in [7, 11) is 0. The van der Waals surface area contributed by atoms with E-state index in [2.05, 4.69) is 71.8 Å². The maximum Gasteiger partial charge on any atom is 0.123 e. The van der Waals surface area contributed by atoms with E-state index >= 15 is 0 Å². The number of likely N-dealkylation sites (tertiary alicyclic amines) is 1. The fourth-order valence-corrected chi connectivity index (χ4v) is 4.35. The van der Waals surface area contributed by atoms with Crippen molar-refractivity contribution in [2.45, 2.75) is 25.4 Å². The van der Waals surface area contributed by atoms with Crippen LogP contribution in [0, 0.1) is 6.92 Å². The molecule has 0 bridgehead atoms. The summed E-state index contributed by atoms with van der Waals surface area (Å²) in [6.45, 7) is 4.91. The minimum atomic E-state index is 0.192. The van der Waals surface area contributed by atoms with Crippen molar-refractivity contribution in [2.75, 3.05) is 13.1 Å². The smallest absolute Gasteiger partial charge is 0.123 e. The van der Waals surface area contributed by atoms with Gasteiger partial charge in [-0.25, -0.2) is 4.98 Å². The van der Waals surface area contributed by atoms with Gasteiger partial charge >= 0.3 is 0 Å². The molecule has 1 fully saturated rings. The zero-order valence-electron chi connectivity index (χ0n) is 14.4. The molecule has 2 aromatic carbocycles. The summed E-state index contributed by atoms with van der Waals surface area (Å²) in [5.74, 6) is 0.413. The lowest BCUT2D eigenvalue weighted by molar-refractivity contribution is 0.320. The first-order valence-electron chi connectivity index (χ1n) is 8.73. The number of aromatic nitrogens is 1. The van der Waals surface area contributed by atoms with Crippen LogP contribution in [0.15, 0.2) is 60.0 Å². The number of hydrogen-bond acceptors (Lipinski definition) is 4. The van der Waals surface area contributed by atoms with E-state index in [1.807, 2.05) is 0 Å². The maximum atomic E-state index is 6.41. The van der Waals surface area contributed by atoms with E-state index in [4.69, 9.17) is 10.7 Å². The molecule has 4 heteroatoms. The highest BCUT2D eigenvalue weighted by Crippen LogP contribution is 2.29. The molecule has 1 aliphatic rings. The summed E-state index contributed by atoms with van der Waals surface area (Å²) in [6.07, 6.45) is 0. The number of rotatable bonds is 4. The molecule has 2 atom stereocenters. The van der Waals surface area contributed by atoms with Crippen molar-refractivity contribution in [3.63, 3.8) is 0 Å². The summed E-state index contributed by atoms with van der Waals surface area (Å²) >= 11 is 1.72. The number of benzene rings is 2. The van der Waals surface area contributed by atoms with E-state index in [1.54, 1.807) is 11.3 Å². The van der Waals surface area contributed by atoms with Gasteiger partial charge in [0.1, 0.15) is 5.01 Å². The van der Waals surface area contributed by atoms with Gasteiger partial charge < -0.3 is 5.73 Å². The van der Waals surface area contributed by atoms with Crippen LogP contribution >= 0.6 is 11.3 Å². The van der Waals surface area contributed by atoms with Gasteiger partial charge in [-0.05, 0) is 12.5 Å². The van der Waals surface area contributed by atoms with Crippen molar-refractivity contribution in [3.8, 4) is 10.6 Å². The number of aryl methyl sites for hydroxylation is 1. The fourth-order valence-electron chi connectivity index (χ4n) is 3.53. The second-order valence-corrected chi connectivity index (χ2v) is 7.74. The molecule has 3 nitrogen and oxygen atoms in total. The van der Waals surface area contributed by atoms with Crippen molar-refractivity contribution in [1.29, 1.82) is 0 Å². The monoisotopic (exact) mass is 349 g/mol. The first-order chi connectivity index (χ1) is 12.2. The van der Waals surface area contributed by atoms with Crippen LogP contribution < -0.4 is 5.73 Å². The van der Waals surface area contributed by atoms with Crippen LogP contribution in [0.3, 0.4) is 0 Å². The third-order valence-electron chi connectivity index (χ3n) is 4.90. The van der Waals surface area contributed by atoms with Crippen LogP contribution in [0.5, 0.6) is 0 Å². The molecule has 128 valence electrons. The Morgan fingerprint density at radius 1 is 1.08 bits per heavy atom. The summed E-state index contributed by atoms with van der Waals surface area (Å²) < 4.78 is 0. The van der Waals surface area contributed by atoms with Crippen molar-refractivity contribution < 1.29 is 0 Å². The Morgan fingerprint density at radius 3 is 2.60 bits per heavy atom. The molecule has 0 aliphatic carbocycles. The van der Waals surface area contributed by atoms with E-state index < -0.39 is 0 Å². The highest BCUT2D eigenvalue weighted by atomic mass is 32.1. The van der Waals surface area contributed by atoms with Crippen molar-refractivity contribution in [2.24, 2.45) is 5.73 Å². The van der Waals surface area contributed by atoms with E-state index in [1.165, 1.54) is 16.7 Å². The van der Waals surface area contributed by atoms with Gasteiger partial charge in [0.2, 0.25) is 0 Å². The number of nitrogens with two attached hydrogens (primary N) is 1. The number of thiazole rings is 1. The summed E-state index contributed by atoms with van der Waals surface area (Å²) in [6, 6.07) is 19.4. The molecule has 3 aromatic rings. The Balaban J connectivity index is 1.44. The van der Waals surface area contributed by atoms with Crippen LogP contribution in [0.2, 0.25) is 0 Å². The quantitative estimate of drug-likeness (QED) is 0.773. The zero-order valence-corrected chi connectivity index (χ0v) is 15.2. The lowest BCUT2D eigenvalue weighted by Gasteiger charge is -2.15. The molecule has 1 aliphatic heterocycles. The normalized spacial score (nSPS) is 20.9. The van der Waals surface area contributed by atoms with Gasteiger partial charge in [-0.15, -0.1) is 11.3 Å². The largest absolute Gasteiger partial charge is 0.326 e. The summed E-state index contributed by atoms with van der Waals surface area (Å²) in [5, 5.41) is 3.27. The van der Waals surface area contributed by atoms with Crippen molar-refractivity contribution >= 4 is 11.3 Å². The molecule has 4 rings (SSSR count). The predicted octanol–water partition coefficient (Wildman–Crippen LogP) is 4.05. The molecular formula is C21H23N3S. The lowest BCUT2D eigenvalue weighted by Crippen LogP contribution is -2.28. The first-order valence-corrected chi connectivity index (χ1v) is 9.61. The van der Waals surface area contributed by atoms with E-state index in [9.17, 15) is 0 Å². The molecule has 1 aromatic heterocycles. The van der Waals surface area contributed by atoms with E-state index in [-0.39, 0.29) is 6.04 Å². The van der Waals surface area contributed by atoms with E-state index in [0.717, 1.165) is 30.3 Å². The van der Waals surface area contributed by atoms with Crippen LogP contribution in [0.1, 0.15) is 22.7 Å². The average Bonchev–Trinajstić information content (AvgIpc) is 3.23. The van der Waals surface area contributed by atoms with Gasteiger partial charge in [0.05, 0.1) is 5.69 Å².